The molecule has 116 valence electrons. The van der Waals surface area contributed by atoms with Crippen LogP contribution in [0.1, 0.15) is 33.7 Å². The van der Waals surface area contributed by atoms with Crippen LogP contribution in [-0.2, 0) is 11.3 Å². The summed E-state index contributed by atoms with van der Waals surface area (Å²) in [5.41, 5.74) is 2.70. The largest absolute Gasteiger partial charge is 0.481 e. The van der Waals surface area contributed by atoms with Crippen LogP contribution in [0.4, 0.5) is 0 Å². The van der Waals surface area contributed by atoms with E-state index in [1.165, 1.54) is 11.2 Å². The highest BCUT2D eigenvalue weighted by molar-refractivity contribution is 5.94. The van der Waals surface area contributed by atoms with E-state index < -0.39 is 5.97 Å². The van der Waals surface area contributed by atoms with Gasteiger partial charge in [0, 0.05) is 12.1 Å². The summed E-state index contributed by atoms with van der Waals surface area (Å²) in [6.07, 6.45) is 1.43. The predicted octanol–water partition coefficient (Wildman–Crippen LogP) is 3.01. The van der Waals surface area contributed by atoms with Crippen molar-refractivity contribution in [3.05, 3.63) is 59.0 Å². The van der Waals surface area contributed by atoms with Gasteiger partial charge in [0.05, 0.1) is 19.2 Å². The molecule has 0 saturated carbocycles. The standard InChI is InChI=1S/C17H19NO4/c1-12-5-6-14(10-13(12)2)17(21)18(8-7-16(19)20)11-15-4-3-9-22-15/h3-6,9-10H,7-8,11H2,1-2H3,(H,19,20). The van der Waals surface area contributed by atoms with Gasteiger partial charge in [0.25, 0.3) is 5.91 Å². The van der Waals surface area contributed by atoms with E-state index in [-0.39, 0.29) is 25.4 Å². The number of carboxylic acid groups (broad SMARTS) is 1. The normalized spacial score (nSPS) is 10.5. The minimum Gasteiger partial charge on any atom is -0.481 e. The molecule has 5 nitrogen and oxygen atoms in total. The lowest BCUT2D eigenvalue weighted by molar-refractivity contribution is -0.137. The maximum Gasteiger partial charge on any atom is 0.305 e. The van der Waals surface area contributed by atoms with Crippen LogP contribution in [0.3, 0.4) is 0 Å². The molecular formula is C17H19NO4. The molecule has 22 heavy (non-hydrogen) atoms. The summed E-state index contributed by atoms with van der Waals surface area (Å²) in [4.78, 5) is 24.9. The summed E-state index contributed by atoms with van der Waals surface area (Å²) in [7, 11) is 0. The maximum atomic E-state index is 12.6. The fourth-order valence-electron chi connectivity index (χ4n) is 2.13. The van der Waals surface area contributed by atoms with Gasteiger partial charge in [-0.1, -0.05) is 6.07 Å². The average molecular weight is 301 g/mol. The van der Waals surface area contributed by atoms with Crippen molar-refractivity contribution in [2.75, 3.05) is 6.54 Å². The van der Waals surface area contributed by atoms with E-state index in [4.69, 9.17) is 9.52 Å². The Morgan fingerprint density at radius 3 is 2.55 bits per heavy atom. The zero-order chi connectivity index (χ0) is 16.1. The minimum atomic E-state index is -0.933. The zero-order valence-corrected chi connectivity index (χ0v) is 12.7. The minimum absolute atomic E-state index is 0.0999. The first-order chi connectivity index (χ1) is 10.5. The maximum absolute atomic E-state index is 12.6. The first kappa shape index (κ1) is 15.8. The molecule has 1 aromatic heterocycles. The lowest BCUT2D eigenvalue weighted by Gasteiger charge is -2.21. The number of carbonyl (C=O) groups is 2. The second kappa shape index (κ2) is 6.93. The summed E-state index contributed by atoms with van der Waals surface area (Å²) >= 11 is 0. The van der Waals surface area contributed by atoms with Gasteiger partial charge in [-0.2, -0.15) is 0 Å². The van der Waals surface area contributed by atoms with E-state index in [2.05, 4.69) is 0 Å². The number of aryl methyl sites for hydroxylation is 2. The Hall–Kier alpha value is -2.56. The molecule has 1 amide bonds. The van der Waals surface area contributed by atoms with Crippen molar-refractivity contribution in [3.8, 4) is 0 Å². The van der Waals surface area contributed by atoms with Gasteiger partial charge in [-0.3, -0.25) is 9.59 Å². The van der Waals surface area contributed by atoms with Gasteiger partial charge in [-0.15, -0.1) is 0 Å². The topological polar surface area (TPSA) is 70.8 Å². The lowest BCUT2D eigenvalue weighted by atomic mass is 10.1. The highest BCUT2D eigenvalue weighted by Gasteiger charge is 2.18. The van der Waals surface area contributed by atoms with Crippen molar-refractivity contribution in [2.45, 2.75) is 26.8 Å². The molecule has 0 saturated heterocycles. The smallest absolute Gasteiger partial charge is 0.305 e. The van der Waals surface area contributed by atoms with Gasteiger partial charge in [-0.05, 0) is 49.2 Å². The Kier molecular flexibility index (Phi) is 4.99. The molecule has 0 aliphatic carbocycles. The van der Waals surface area contributed by atoms with Crippen LogP contribution in [0, 0.1) is 13.8 Å². The third kappa shape index (κ3) is 3.97. The first-order valence-electron chi connectivity index (χ1n) is 7.08. The molecule has 5 heteroatoms. The number of benzene rings is 1. The number of aliphatic carboxylic acids is 1. The van der Waals surface area contributed by atoms with Crippen LogP contribution in [0.15, 0.2) is 41.0 Å². The van der Waals surface area contributed by atoms with Gasteiger partial charge in [0.2, 0.25) is 0 Å². The molecule has 0 spiro atoms. The second-order valence-electron chi connectivity index (χ2n) is 5.25. The zero-order valence-electron chi connectivity index (χ0n) is 12.7. The number of hydrogen-bond acceptors (Lipinski definition) is 3. The Balaban J connectivity index is 2.20. The van der Waals surface area contributed by atoms with E-state index in [0.717, 1.165) is 11.1 Å². The Morgan fingerprint density at radius 2 is 1.95 bits per heavy atom. The van der Waals surface area contributed by atoms with Crippen molar-refractivity contribution >= 4 is 11.9 Å². The molecule has 0 atom stereocenters. The third-order valence-corrected chi connectivity index (χ3v) is 3.56. The Bertz CT molecular complexity index is 661. The molecule has 0 fully saturated rings. The van der Waals surface area contributed by atoms with E-state index in [1.807, 2.05) is 26.0 Å². The van der Waals surface area contributed by atoms with E-state index in [1.54, 1.807) is 18.2 Å². The predicted molar refractivity (Wildman–Crippen MR) is 81.6 cm³/mol. The summed E-state index contributed by atoms with van der Waals surface area (Å²) in [5.74, 6) is -0.499. The highest BCUT2D eigenvalue weighted by atomic mass is 16.4. The summed E-state index contributed by atoms with van der Waals surface area (Å²) in [6, 6.07) is 8.99. The van der Waals surface area contributed by atoms with E-state index in [0.29, 0.717) is 11.3 Å². The van der Waals surface area contributed by atoms with Gasteiger partial charge in [0.1, 0.15) is 5.76 Å². The van der Waals surface area contributed by atoms with Crippen molar-refractivity contribution in [3.63, 3.8) is 0 Å². The lowest BCUT2D eigenvalue weighted by Crippen LogP contribution is -2.32. The number of hydrogen-bond donors (Lipinski definition) is 1. The SMILES string of the molecule is Cc1ccc(C(=O)N(CCC(=O)O)Cc2ccco2)cc1C. The monoisotopic (exact) mass is 301 g/mol. The highest BCUT2D eigenvalue weighted by Crippen LogP contribution is 2.15. The molecule has 2 aromatic rings. The average Bonchev–Trinajstić information content (AvgIpc) is 2.98. The van der Waals surface area contributed by atoms with Crippen LogP contribution in [0.5, 0.6) is 0 Å². The van der Waals surface area contributed by atoms with Crippen molar-refractivity contribution < 1.29 is 19.1 Å². The van der Waals surface area contributed by atoms with Gasteiger partial charge in [-0.25, -0.2) is 0 Å². The molecule has 1 N–H and O–H groups in total. The molecule has 1 heterocycles. The summed E-state index contributed by atoms with van der Waals surface area (Å²) in [5, 5.41) is 8.86. The molecular weight excluding hydrogens is 282 g/mol. The number of rotatable bonds is 6. The summed E-state index contributed by atoms with van der Waals surface area (Å²) < 4.78 is 5.26. The van der Waals surface area contributed by atoms with Gasteiger partial charge in [0.15, 0.2) is 0 Å². The van der Waals surface area contributed by atoms with Crippen LogP contribution >= 0.6 is 0 Å². The molecule has 0 bridgehead atoms. The fourth-order valence-corrected chi connectivity index (χ4v) is 2.13. The fraction of sp³-hybridized carbons (Fsp3) is 0.294. The van der Waals surface area contributed by atoms with Crippen LogP contribution < -0.4 is 0 Å². The molecule has 0 radical (unpaired) electrons. The van der Waals surface area contributed by atoms with Crippen molar-refractivity contribution in [1.29, 1.82) is 0 Å². The second-order valence-corrected chi connectivity index (χ2v) is 5.25. The number of nitrogens with zero attached hydrogens (tertiary/aromatic N) is 1. The van der Waals surface area contributed by atoms with Gasteiger partial charge < -0.3 is 14.4 Å². The van der Waals surface area contributed by atoms with Gasteiger partial charge >= 0.3 is 5.97 Å². The molecule has 0 unspecified atom stereocenters. The van der Waals surface area contributed by atoms with E-state index >= 15 is 0 Å². The molecule has 0 aliphatic heterocycles. The third-order valence-electron chi connectivity index (χ3n) is 3.56. The Morgan fingerprint density at radius 1 is 1.18 bits per heavy atom. The van der Waals surface area contributed by atoms with E-state index in [9.17, 15) is 9.59 Å². The Labute approximate surface area is 129 Å². The molecule has 0 aliphatic rings. The number of carbonyl (C=O) groups excluding carboxylic acids is 1. The summed E-state index contributed by atoms with van der Waals surface area (Å²) in [6.45, 7) is 4.32. The van der Waals surface area contributed by atoms with Crippen LogP contribution in [0.2, 0.25) is 0 Å². The first-order valence-corrected chi connectivity index (χ1v) is 7.08. The molecule has 1 aromatic carbocycles. The number of amides is 1. The van der Waals surface area contributed by atoms with Crippen molar-refractivity contribution in [1.82, 2.24) is 4.90 Å². The quantitative estimate of drug-likeness (QED) is 0.890. The van der Waals surface area contributed by atoms with Crippen LogP contribution in [0.25, 0.3) is 0 Å². The van der Waals surface area contributed by atoms with Crippen molar-refractivity contribution in [2.24, 2.45) is 0 Å². The number of carboxylic acids is 1. The molecule has 2 rings (SSSR count). The van der Waals surface area contributed by atoms with Crippen LogP contribution in [-0.4, -0.2) is 28.4 Å². The number of furan rings is 1.